The summed E-state index contributed by atoms with van der Waals surface area (Å²) in [6.45, 7) is 2.17. The lowest BCUT2D eigenvalue weighted by atomic mass is 9.93. The van der Waals surface area contributed by atoms with Crippen LogP contribution in [0.4, 0.5) is 0 Å². The Morgan fingerprint density at radius 2 is 1.78 bits per heavy atom. The summed E-state index contributed by atoms with van der Waals surface area (Å²) in [5.41, 5.74) is 3.53. The second kappa shape index (κ2) is 7.04. The number of piperidine rings is 1. The summed E-state index contributed by atoms with van der Waals surface area (Å²) in [4.78, 5) is 0. The van der Waals surface area contributed by atoms with E-state index in [2.05, 4.69) is 68.4 Å². The fourth-order valence-electron chi connectivity index (χ4n) is 3.28. The smallest absolute Gasteiger partial charge is 0.0755 e. The number of benzene rings is 2. The average molecular weight is 393 g/mol. The highest BCUT2D eigenvalue weighted by Crippen LogP contribution is 2.33. The van der Waals surface area contributed by atoms with Gasteiger partial charge in [0.25, 0.3) is 0 Å². The number of aromatic nitrogens is 2. The van der Waals surface area contributed by atoms with Crippen molar-refractivity contribution in [1.29, 1.82) is 0 Å². The molecule has 5 heteroatoms. The fourth-order valence-corrected chi connectivity index (χ4v) is 3.62. The summed E-state index contributed by atoms with van der Waals surface area (Å²) < 4.78 is 3.17. The number of hydrogen-bond acceptors (Lipinski definition) is 2. The van der Waals surface area contributed by atoms with Crippen LogP contribution in [0, 0.1) is 0 Å². The van der Waals surface area contributed by atoms with Crippen LogP contribution < -0.4 is 5.32 Å². The molecule has 0 radical (unpaired) electrons. The second-order valence-electron chi connectivity index (χ2n) is 5.82. The Bertz CT molecular complexity index is 795. The first-order chi connectivity index (χ1) is 10.8. The molecule has 1 aliphatic rings. The molecule has 0 unspecified atom stereocenters. The zero-order chi connectivity index (χ0) is 14.9. The van der Waals surface area contributed by atoms with E-state index >= 15 is 0 Å². The van der Waals surface area contributed by atoms with Crippen molar-refractivity contribution in [1.82, 2.24) is 15.1 Å². The number of para-hydroxylation sites is 1. The van der Waals surface area contributed by atoms with E-state index < -0.39 is 0 Å². The van der Waals surface area contributed by atoms with E-state index in [4.69, 9.17) is 5.10 Å². The molecule has 2 heterocycles. The fraction of sp³-hybridized carbons (Fsp3) is 0.278. The van der Waals surface area contributed by atoms with Gasteiger partial charge in [-0.15, -0.1) is 12.4 Å². The van der Waals surface area contributed by atoms with E-state index in [0.717, 1.165) is 36.1 Å². The van der Waals surface area contributed by atoms with Gasteiger partial charge in [-0.25, -0.2) is 4.68 Å². The Morgan fingerprint density at radius 1 is 1.04 bits per heavy atom. The first-order valence-corrected chi connectivity index (χ1v) is 8.56. The van der Waals surface area contributed by atoms with Crippen molar-refractivity contribution in [3.05, 3.63) is 58.7 Å². The van der Waals surface area contributed by atoms with E-state index in [1.54, 1.807) is 0 Å². The van der Waals surface area contributed by atoms with Gasteiger partial charge in [-0.3, -0.25) is 0 Å². The minimum Gasteiger partial charge on any atom is -0.317 e. The van der Waals surface area contributed by atoms with Crippen LogP contribution in [0.1, 0.15) is 24.5 Å². The molecule has 23 heavy (non-hydrogen) atoms. The molecule has 0 amide bonds. The zero-order valence-corrected chi connectivity index (χ0v) is 15.1. The third kappa shape index (κ3) is 3.16. The van der Waals surface area contributed by atoms with Gasteiger partial charge < -0.3 is 5.32 Å². The Morgan fingerprint density at radius 3 is 2.52 bits per heavy atom. The third-order valence-electron chi connectivity index (χ3n) is 4.40. The minimum atomic E-state index is 0. The molecule has 0 atom stereocenters. The third-order valence-corrected chi connectivity index (χ3v) is 4.89. The van der Waals surface area contributed by atoms with Gasteiger partial charge in [-0.05, 0) is 56.3 Å². The van der Waals surface area contributed by atoms with Crippen molar-refractivity contribution in [2.75, 3.05) is 13.1 Å². The number of halogens is 2. The number of hydrogen-bond donors (Lipinski definition) is 1. The lowest BCUT2D eigenvalue weighted by Crippen LogP contribution is -2.26. The van der Waals surface area contributed by atoms with E-state index in [0.29, 0.717) is 5.92 Å². The standard InChI is InChI=1S/C18H18BrN3.ClH/c19-14-6-7-16-17(12-14)22(15-4-2-1-3-5-15)21-18(16)13-8-10-20-11-9-13;/h1-7,12-13,20H,8-11H2;1H. The van der Waals surface area contributed by atoms with Crippen molar-refractivity contribution in [3.63, 3.8) is 0 Å². The van der Waals surface area contributed by atoms with Crippen LogP contribution in [0.5, 0.6) is 0 Å². The monoisotopic (exact) mass is 391 g/mol. The van der Waals surface area contributed by atoms with E-state index in [1.807, 2.05) is 6.07 Å². The van der Waals surface area contributed by atoms with Gasteiger partial charge in [0.2, 0.25) is 0 Å². The topological polar surface area (TPSA) is 29.9 Å². The van der Waals surface area contributed by atoms with Gasteiger partial charge in [0.1, 0.15) is 0 Å². The molecule has 2 aromatic carbocycles. The SMILES string of the molecule is Brc1ccc2c(C3CCNCC3)nn(-c3ccccc3)c2c1.Cl. The van der Waals surface area contributed by atoms with Gasteiger partial charge in [0.15, 0.2) is 0 Å². The zero-order valence-electron chi connectivity index (χ0n) is 12.7. The lowest BCUT2D eigenvalue weighted by Gasteiger charge is -2.21. The van der Waals surface area contributed by atoms with Crippen LogP contribution in [0.2, 0.25) is 0 Å². The number of nitrogens with one attached hydrogen (secondary N) is 1. The number of rotatable bonds is 2. The second-order valence-corrected chi connectivity index (χ2v) is 6.73. The van der Waals surface area contributed by atoms with Crippen LogP contribution in [0.3, 0.4) is 0 Å². The maximum Gasteiger partial charge on any atom is 0.0755 e. The summed E-state index contributed by atoms with van der Waals surface area (Å²) in [6.07, 6.45) is 2.33. The van der Waals surface area contributed by atoms with Gasteiger partial charge in [0, 0.05) is 15.8 Å². The first kappa shape index (κ1) is 16.5. The molecular formula is C18H19BrClN3. The molecular weight excluding hydrogens is 374 g/mol. The average Bonchev–Trinajstić information content (AvgIpc) is 2.95. The van der Waals surface area contributed by atoms with Crippen LogP contribution in [-0.2, 0) is 0 Å². The van der Waals surface area contributed by atoms with Crippen LogP contribution in [-0.4, -0.2) is 22.9 Å². The molecule has 0 aliphatic carbocycles. The van der Waals surface area contributed by atoms with Gasteiger partial charge in [-0.1, -0.05) is 34.1 Å². The van der Waals surface area contributed by atoms with E-state index in [1.165, 1.54) is 16.6 Å². The predicted octanol–water partition coefficient (Wildman–Crippen LogP) is 4.68. The Balaban J connectivity index is 0.00000156. The maximum absolute atomic E-state index is 4.99. The summed E-state index contributed by atoms with van der Waals surface area (Å²) in [5.74, 6) is 0.551. The van der Waals surface area contributed by atoms with Gasteiger partial charge in [0.05, 0.1) is 16.9 Å². The van der Waals surface area contributed by atoms with E-state index in [-0.39, 0.29) is 12.4 Å². The highest BCUT2D eigenvalue weighted by molar-refractivity contribution is 9.10. The van der Waals surface area contributed by atoms with Gasteiger partial charge in [-0.2, -0.15) is 5.10 Å². The highest BCUT2D eigenvalue weighted by atomic mass is 79.9. The lowest BCUT2D eigenvalue weighted by molar-refractivity contribution is 0.453. The molecule has 4 rings (SSSR count). The number of nitrogens with zero attached hydrogens (tertiary/aromatic N) is 2. The van der Waals surface area contributed by atoms with Crippen LogP contribution >= 0.6 is 28.3 Å². The Kier molecular flexibility index (Phi) is 5.05. The maximum atomic E-state index is 4.99. The molecule has 1 fully saturated rings. The van der Waals surface area contributed by atoms with Gasteiger partial charge >= 0.3 is 0 Å². The molecule has 1 saturated heterocycles. The molecule has 0 spiro atoms. The van der Waals surface area contributed by atoms with E-state index in [9.17, 15) is 0 Å². The van der Waals surface area contributed by atoms with Crippen molar-refractivity contribution < 1.29 is 0 Å². The Labute approximate surface area is 150 Å². The first-order valence-electron chi connectivity index (χ1n) is 7.77. The molecule has 1 aliphatic heterocycles. The molecule has 0 bridgehead atoms. The Hall–Kier alpha value is -1.36. The number of fused-ring (bicyclic) bond motifs is 1. The minimum absolute atomic E-state index is 0. The largest absolute Gasteiger partial charge is 0.317 e. The van der Waals surface area contributed by atoms with Crippen molar-refractivity contribution >= 4 is 39.2 Å². The summed E-state index contributed by atoms with van der Waals surface area (Å²) in [6, 6.07) is 16.9. The molecule has 3 aromatic rings. The summed E-state index contributed by atoms with van der Waals surface area (Å²) >= 11 is 3.59. The molecule has 1 aromatic heterocycles. The molecule has 0 saturated carbocycles. The van der Waals surface area contributed by atoms with Crippen LogP contribution in [0.25, 0.3) is 16.6 Å². The summed E-state index contributed by atoms with van der Waals surface area (Å²) in [5, 5.41) is 9.71. The molecule has 1 N–H and O–H groups in total. The predicted molar refractivity (Wildman–Crippen MR) is 101 cm³/mol. The van der Waals surface area contributed by atoms with Crippen LogP contribution in [0.15, 0.2) is 53.0 Å². The molecule has 120 valence electrons. The molecule has 3 nitrogen and oxygen atoms in total. The summed E-state index contributed by atoms with van der Waals surface area (Å²) in [7, 11) is 0. The van der Waals surface area contributed by atoms with Crippen molar-refractivity contribution in [2.24, 2.45) is 0 Å². The van der Waals surface area contributed by atoms with Crippen molar-refractivity contribution in [2.45, 2.75) is 18.8 Å². The quantitative estimate of drug-likeness (QED) is 0.686. The normalized spacial score (nSPS) is 15.5. The highest BCUT2D eigenvalue weighted by Gasteiger charge is 2.22. The van der Waals surface area contributed by atoms with Crippen molar-refractivity contribution in [3.8, 4) is 5.69 Å².